The highest BCUT2D eigenvalue weighted by atomic mass is 16.2. The van der Waals surface area contributed by atoms with Gasteiger partial charge < -0.3 is 15.1 Å². The molecule has 1 saturated heterocycles. The molecule has 8 nitrogen and oxygen atoms in total. The van der Waals surface area contributed by atoms with Crippen LogP contribution in [0.1, 0.15) is 13.3 Å². The van der Waals surface area contributed by atoms with Gasteiger partial charge in [-0.05, 0) is 6.07 Å². The number of carbonyl (C=O) groups is 3. The molecule has 3 amide bonds. The third-order valence-electron chi connectivity index (χ3n) is 4.78. The Morgan fingerprint density at radius 2 is 2.00 bits per heavy atom. The van der Waals surface area contributed by atoms with Crippen molar-refractivity contribution in [3.8, 4) is 0 Å². The van der Waals surface area contributed by atoms with Gasteiger partial charge >= 0.3 is 0 Å². The van der Waals surface area contributed by atoms with Crippen molar-refractivity contribution in [2.24, 2.45) is 0 Å². The van der Waals surface area contributed by atoms with Gasteiger partial charge in [0.25, 0.3) is 0 Å². The van der Waals surface area contributed by atoms with Crippen molar-refractivity contribution in [1.29, 1.82) is 0 Å². The first kappa shape index (κ1) is 17.9. The van der Waals surface area contributed by atoms with E-state index in [0.717, 1.165) is 10.9 Å². The van der Waals surface area contributed by atoms with E-state index < -0.39 is 6.04 Å². The number of fused-ring (bicyclic) bond motifs is 1. The third kappa shape index (κ3) is 3.54. The molecule has 2 aromatic rings. The van der Waals surface area contributed by atoms with Crippen molar-refractivity contribution < 1.29 is 14.4 Å². The zero-order chi connectivity index (χ0) is 18.7. The molecule has 1 aromatic carbocycles. The van der Waals surface area contributed by atoms with Crippen LogP contribution >= 0.6 is 0 Å². The molecule has 0 aliphatic carbocycles. The summed E-state index contributed by atoms with van der Waals surface area (Å²) in [4.78, 5) is 39.6. The molecule has 0 radical (unpaired) electrons. The van der Waals surface area contributed by atoms with Crippen LogP contribution in [0.25, 0.3) is 10.9 Å². The van der Waals surface area contributed by atoms with Crippen LogP contribution in [0.3, 0.4) is 0 Å². The quantitative estimate of drug-likeness (QED) is 0.849. The monoisotopic (exact) mass is 357 g/mol. The Balaban J connectivity index is 1.64. The molecule has 0 unspecified atom stereocenters. The number of amides is 3. The summed E-state index contributed by atoms with van der Waals surface area (Å²) in [6.45, 7) is 2.94. The fraction of sp³-hybridized carbons (Fsp3) is 0.444. The summed E-state index contributed by atoms with van der Waals surface area (Å²) in [5, 5.41) is 7.94. The van der Waals surface area contributed by atoms with E-state index in [2.05, 4.69) is 10.4 Å². The second kappa shape index (κ2) is 7.55. The minimum absolute atomic E-state index is 0.0401. The number of hydrogen-bond acceptors (Lipinski definition) is 4. The lowest BCUT2D eigenvalue weighted by atomic mass is 10.1. The first-order valence-corrected chi connectivity index (χ1v) is 8.68. The Kier molecular flexibility index (Phi) is 5.20. The number of carbonyl (C=O) groups excluding carboxylic acids is 3. The number of piperazine rings is 1. The molecule has 1 aliphatic rings. The summed E-state index contributed by atoms with van der Waals surface area (Å²) in [6, 6.07) is 7.21. The molecule has 1 aromatic heterocycles. The number of aromatic nitrogens is 2. The lowest BCUT2D eigenvalue weighted by molar-refractivity contribution is -0.147. The number of hydrogen-bond donors (Lipinski definition) is 1. The molecule has 138 valence electrons. The minimum atomic E-state index is -0.638. The molecule has 1 atom stereocenters. The van der Waals surface area contributed by atoms with Gasteiger partial charge in [0.1, 0.15) is 6.04 Å². The molecule has 1 aliphatic heterocycles. The summed E-state index contributed by atoms with van der Waals surface area (Å²) in [7, 11) is 1.53. The summed E-state index contributed by atoms with van der Waals surface area (Å²) in [5.74, 6) is -0.453. The van der Waals surface area contributed by atoms with Crippen LogP contribution in [0.15, 0.2) is 30.5 Å². The highest BCUT2D eigenvalue weighted by Gasteiger charge is 2.34. The van der Waals surface area contributed by atoms with Crippen LogP contribution < -0.4 is 5.32 Å². The number of nitrogens with one attached hydrogen (secondary N) is 1. The Bertz CT molecular complexity index is 831. The van der Waals surface area contributed by atoms with Crippen molar-refractivity contribution in [2.75, 3.05) is 26.7 Å². The molecule has 1 fully saturated rings. The Morgan fingerprint density at radius 3 is 2.73 bits per heavy atom. The number of para-hydroxylation sites is 1. The number of aryl methyl sites for hydroxylation is 1. The average molecular weight is 357 g/mol. The van der Waals surface area contributed by atoms with Crippen LogP contribution in [-0.4, -0.2) is 70.0 Å². The van der Waals surface area contributed by atoms with E-state index in [1.807, 2.05) is 28.9 Å². The average Bonchev–Trinajstić information content (AvgIpc) is 3.08. The summed E-state index contributed by atoms with van der Waals surface area (Å²) < 4.78 is 1.81. The third-order valence-corrected chi connectivity index (χ3v) is 4.78. The molecule has 26 heavy (non-hydrogen) atoms. The molecule has 8 heteroatoms. The molecular weight excluding hydrogens is 334 g/mol. The topological polar surface area (TPSA) is 87.5 Å². The molecule has 0 saturated carbocycles. The number of likely N-dealkylation sites (N-methyl/N-ethyl adjacent to an activating group) is 1. The van der Waals surface area contributed by atoms with E-state index in [4.69, 9.17) is 0 Å². The molecular formula is C18H23N5O3. The van der Waals surface area contributed by atoms with Gasteiger partial charge in [-0.25, -0.2) is 0 Å². The van der Waals surface area contributed by atoms with Crippen molar-refractivity contribution >= 4 is 28.6 Å². The molecule has 0 spiro atoms. The predicted octanol–water partition coefficient (Wildman–Crippen LogP) is 0.232. The normalized spacial score (nSPS) is 17.4. The van der Waals surface area contributed by atoms with Gasteiger partial charge in [-0.1, -0.05) is 18.2 Å². The summed E-state index contributed by atoms with van der Waals surface area (Å²) in [6.07, 6.45) is 2.08. The molecule has 3 rings (SSSR count). The zero-order valence-corrected chi connectivity index (χ0v) is 15.0. The zero-order valence-electron chi connectivity index (χ0n) is 15.0. The standard InChI is InChI=1S/C18H23N5O3/c1-13(24)22-10-9-21(12-16(22)18(26)19-2)17(25)7-8-23-15-6-4-3-5-14(15)11-20-23/h3-6,11,16H,7-10,12H2,1-2H3,(H,19,26)/t16-/m1/s1. The Morgan fingerprint density at radius 1 is 1.23 bits per heavy atom. The van der Waals surface area contributed by atoms with E-state index >= 15 is 0 Å². The maximum atomic E-state index is 12.6. The largest absolute Gasteiger partial charge is 0.357 e. The lowest BCUT2D eigenvalue weighted by Gasteiger charge is -2.40. The molecule has 0 bridgehead atoms. The minimum Gasteiger partial charge on any atom is -0.357 e. The fourth-order valence-corrected chi connectivity index (χ4v) is 3.34. The number of nitrogens with zero attached hydrogens (tertiary/aromatic N) is 4. The highest BCUT2D eigenvalue weighted by Crippen LogP contribution is 2.15. The second-order valence-electron chi connectivity index (χ2n) is 6.36. The lowest BCUT2D eigenvalue weighted by Crippen LogP contribution is -2.60. The predicted molar refractivity (Wildman–Crippen MR) is 96.2 cm³/mol. The van der Waals surface area contributed by atoms with E-state index in [-0.39, 0.29) is 24.3 Å². The molecule has 2 heterocycles. The second-order valence-corrected chi connectivity index (χ2v) is 6.36. The summed E-state index contributed by atoms with van der Waals surface area (Å²) in [5.41, 5.74) is 0.991. The van der Waals surface area contributed by atoms with Gasteiger partial charge in [0.05, 0.1) is 24.8 Å². The van der Waals surface area contributed by atoms with Crippen molar-refractivity contribution in [3.05, 3.63) is 30.5 Å². The van der Waals surface area contributed by atoms with Crippen LogP contribution in [-0.2, 0) is 20.9 Å². The maximum Gasteiger partial charge on any atom is 0.244 e. The van der Waals surface area contributed by atoms with Gasteiger partial charge in [-0.3, -0.25) is 19.1 Å². The smallest absolute Gasteiger partial charge is 0.244 e. The first-order chi connectivity index (χ1) is 12.5. The maximum absolute atomic E-state index is 12.6. The highest BCUT2D eigenvalue weighted by molar-refractivity contribution is 5.88. The van der Waals surface area contributed by atoms with Gasteiger partial charge in [-0.15, -0.1) is 0 Å². The Hall–Kier alpha value is -2.90. The van der Waals surface area contributed by atoms with Crippen molar-refractivity contribution in [2.45, 2.75) is 25.9 Å². The van der Waals surface area contributed by atoms with Gasteiger partial charge in [0.15, 0.2) is 0 Å². The van der Waals surface area contributed by atoms with Gasteiger partial charge in [0.2, 0.25) is 17.7 Å². The van der Waals surface area contributed by atoms with Crippen LogP contribution in [0.5, 0.6) is 0 Å². The van der Waals surface area contributed by atoms with Crippen LogP contribution in [0.4, 0.5) is 0 Å². The first-order valence-electron chi connectivity index (χ1n) is 8.68. The van der Waals surface area contributed by atoms with E-state index in [1.54, 1.807) is 11.1 Å². The van der Waals surface area contributed by atoms with E-state index in [0.29, 0.717) is 26.1 Å². The van der Waals surface area contributed by atoms with Crippen LogP contribution in [0.2, 0.25) is 0 Å². The number of benzene rings is 1. The summed E-state index contributed by atoms with van der Waals surface area (Å²) >= 11 is 0. The van der Waals surface area contributed by atoms with Gasteiger partial charge in [0, 0.05) is 38.9 Å². The van der Waals surface area contributed by atoms with Crippen molar-refractivity contribution in [1.82, 2.24) is 24.9 Å². The number of rotatable bonds is 4. The van der Waals surface area contributed by atoms with Crippen LogP contribution in [0, 0.1) is 0 Å². The van der Waals surface area contributed by atoms with E-state index in [9.17, 15) is 14.4 Å². The Labute approximate surface area is 151 Å². The van der Waals surface area contributed by atoms with Crippen molar-refractivity contribution in [3.63, 3.8) is 0 Å². The van der Waals surface area contributed by atoms with Gasteiger partial charge in [-0.2, -0.15) is 5.10 Å². The molecule has 1 N–H and O–H groups in total. The SMILES string of the molecule is CNC(=O)[C@H]1CN(C(=O)CCn2ncc3ccccc32)CCN1C(C)=O. The fourth-order valence-electron chi connectivity index (χ4n) is 3.34. The van der Waals surface area contributed by atoms with E-state index in [1.165, 1.54) is 18.9 Å².